The molecule has 0 heterocycles. The van der Waals surface area contributed by atoms with E-state index in [0.29, 0.717) is 44.4 Å². The summed E-state index contributed by atoms with van der Waals surface area (Å²) in [5.41, 5.74) is 17.3. The number of amides is 5. The Labute approximate surface area is 303 Å². The van der Waals surface area contributed by atoms with Crippen molar-refractivity contribution in [1.29, 1.82) is 0 Å². The first-order valence-corrected chi connectivity index (χ1v) is 18.7. The van der Waals surface area contributed by atoms with Crippen LogP contribution in [-0.2, 0) is 33.6 Å². The van der Waals surface area contributed by atoms with E-state index in [2.05, 4.69) is 26.6 Å². The topological polar surface area (TPSA) is 318 Å². The summed E-state index contributed by atoms with van der Waals surface area (Å²) in [4.78, 5) is 89.0. The first-order chi connectivity index (χ1) is 24.0. The molecule has 14 N–H and O–H groups in total. The van der Waals surface area contributed by atoms with Crippen LogP contribution in [0.15, 0.2) is 0 Å². The molecule has 18 nitrogen and oxygen atoms in total. The van der Waals surface area contributed by atoms with Gasteiger partial charge in [-0.15, -0.1) is 0 Å². The Morgan fingerprint density at radius 1 is 0.627 bits per heavy atom. The fourth-order valence-corrected chi connectivity index (χ4v) is 5.36. The van der Waals surface area contributed by atoms with Gasteiger partial charge < -0.3 is 59.1 Å². The van der Waals surface area contributed by atoms with Crippen molar-refractivity contribution in [1.82, 2.24) is 26.6 Å². The molecule has 0 spiro atoms. The van der Waals surface area contributed by atoms with E-state index < -0.39 is 96.7 Å². The molecule has 294 valence electrons. The number of nitrogens with one attached hydrogen (secondary N) is 5. The quantitative estimate of drug-likeness (QED) is 0.0391. The van der Waals surface area contributed by atoms with Crippen molar-refractivity contribution in [3.05, 3.63) is 0 Å². The van der Waals surface area contributed by atoms with Crippen molar-refractivity contribution in [3.63, 3.8) is 0 Å². The van der Waals surface area contributed by atoms with E-state index in [4.69, 9.17) is 22.3 Å². The minimum Gasteiger partial charge on any atom is -0.481 e. The average molecular weight is 749 g/mol. The van der Waals surface area contributed by atoms with Gasteiger partial charge in [0.15, 0.2) is 0 Å². The van der Waals surface area contributed by atoms with Crippen molar-refractivity contribution in [3.8, 4) is 0 Å². The Morgan fingerprint density at radius 3 is 1.55 bits per heavy atom. The first kappa shape index (κ1) is 47.5. The lowest BCUT2D eigenvalue weighted by Crippen LogP contribution is -2.61. The minimum absolute atomic E-state index is 0.0628. The zero-order valence-corrected chi connectivity index (χ0v) is 31.0. The summed E-state index contributed by atoms with van der Waals surface area (Å²) < 4.78 is 0. The van der Waals surface area contributed by atoms with Crippen molar-refractivity contribution >= 4 is 53.2 Å². The number of nitrogens with two attached hydrogens (primary N) is 3. The van der Waals surface area contributed by atoms with Gasteiger partial charge in [0.2, 0.25) is 29.5 Å². The lowest BCUT2D eigenvalue weighted by Gasteiger charge is -2.28. The van der Waals surface area contributed by atoms with Crippen molar-refractivity contribution in [2.24, 2.45) is 23.1 Å². The molecule has 0 radical (unpaired) electrons. The molecule has 51 heavy (non-hydrogen) atoms. The van der Waals surface area contributed by atoms with E-state index >= 15 is 0 Å². The number of carboxylic acid groups (broad SMARTS) is 2. The third kappa shape index (κ3) is 20.2. The maximum atomic E-state index is 13.7. The molecule has 0 fully saturated rings. The van der Waals surface area contributed by atoms with Crippen molar-refractivity contribution in [2.45, 2.75) is 127 Å². The summed E-state index contributed by atoms with van der Waals surface area (Å²) in [6, 6.07) is -7.51. The van der Waals surface area contributed by atoms with Gasteiger partial charge in [0.05, 0.1) is 12.1 Å². The van der Waals surface area contributed by atoms with Gasteiger partial charge in [-0.2, -0.15) is 11.8 Å². The second kappa shape index (κ2) is 26.3. The van der Waals surface area contributed by atoms with Gasteiger partial charge in [0.1, 0.15) is 30.2 Å². The van der Waals surface area contributed by atoms with Crippen LogP contribution in [0.5, 0.6) is 0 Å². The van der Waals surface area contributed by atoms with Crippen LogP contribution < -0.4 is 43.8 Å². The summed E-state index contributed by atoms with van der Waals surface area (Å²) in [6.07, 6.45) is 2.21. The molecule has 19 heteroatoms. The summed E-state index contributed by atoms with van der Waals surface area (Å²) in [6.45, 7) is 5.51. The number of thioether (sulfide) groups is 1. The molecular formula is C32H60N8O10S. The predicted molar refractivity (Wildman–Crippen MR) is 192 cm³/mol. The normalized spacial score (nSPS) is 15.3. The number of aliphatic carboxylic acids is 2. The third-order valence-corrected chi connectivity index (χ3v) is 8.44. The molecule has 0 aliphatic heterocycles. The molecule has 5 amide bonds. The van der Waals surface area contributed by atoms with Gasteiger partial charge in [-0.05, 0) is 95.7 Å². The fourth-order valence-electron chi connectivity index (χ4n) is 4.87. The highest BCUT2D eigenvalue weighted by molar-refractivity contribution is 7.98. The molecule has 0 saturated heterocycles. The van der Waals surface area contributed by atoms with Crippen LogP contribution in [0.2, 0.25) is 0 Å². The zero-order chi connectivity index (χ0) is 39.1. The fraction of sp³-hybridized carbons (Fsp3) is 0.781. The van der Waals surface area contributed by atoms with Gasteiger partial charge in [0.25, 0.3) is 0 Å². The van der Waals surface area contributed by atoms with Crippen LogP contribution in [0.4, 0.5) is 0 Å². The maximum Gasteiger partial charge on any atom is 0.326 e. The Kier molecular flexibility index (Phi) is 24.5. The van der Waals surface area contributed by atoms with Gasteiger partial charge >= 0.3 is 11.9 Å². The Bertz CT molecular complexity index is 1130. The summed E-state index contributed by atoms with van der Waals surface area (Å²) >= 11 is 1.53. The second-order valence-electron chi connectivity index (χ2n) is 12.8. The average Bonchev–Trinajstić information content (AvgIpc) is 3.05. The highest BCUT2D eigenvalue weighted by Crippen LogP contribution is 2.11. The molecule has 0 aromatic rings. The summed E-state index contributed by atoms with van der Waals surface area (Å²) in [5, 5.41) is 41.2. The number of carboxylic acids is 2. The van der Waals surface area contributed by atoms with Crippen molar-refractivity contribution in [2.75, 3.05) is 25.1 Å². The van der Waals surface area contributed by atoms with Crippen LogP contribution in [0.3, 0.4) is 0 Å². The van der Waals surface area contributed by atoms with E-state index in [1.807, 2.05) is 20.1 Å². The largest absolute Gasteiger partial charge is 0.481 e. The van der Waals surface area contributed by atoms with Crippen LogP contribution in [0, 0.1) is 5.92 Å². The first-order valence-electron chi connectivity index (χ1n) is 17.3. The lowest BCUT2D eigenvalue weighted by molar-refractivity contribution is -0.144. The zero-order valence-electron chi connectivity index (χ0n) is 30.2. The lowest BCUT2D eigenvalue weighted by atomic mass is 10.0. The molecule has 7 unspecified atom stereocenters. The monoisotopic (exact) mass is 748 g/mol. The van der Waals surface area contributed by atoms with E-state index in [0.717, 1.165) is 0 Å². The van der Waals surface area contributed by atoms with Gasteiger partial charge in [-0.3, -0.25) is 28.8 Å². The van der Waals surface area contributed by atoms with Gasteiger partial charge in [-0.25, -0.2) is 4.79 Å². The highest BCUT2D eigenvalue weighted by atomic mass is 32.2. The number of aliphatic hydroxyl groups excluding tert-OH is 1. The van der Waals surface area contributed by atoms with E-state index in [1.54, 1.807) is 0 Å². The molecule has 0 aliphatic rings. The maximum absolute atomic E-state index is 13.7. The van der Waals surface area contributed by atoms with Crippen LogP contribution in [0.1, 0.15) is 85.0 Å². The van der Waals surface area contributed by atoms with Gasteiger partial charge in [-0.1, -0.05) is 13.8 Å². The third-order valence-electron chi connectivity index (χ3n) is 7.79. The SMILES string of the molecule is CSCCC(N)C(=O)NC(CCCCN)C(=O)NC(CC(C)C)C(=O)NC(CCCCN)C(=O)NC(C(=O)NC(CCC(=O)O)C(=O)O)C(C)O. The molecule has 0 rings (SSSR count). The molecule has 0 saturated carbocycles. The van der Waals surface area contributed by atoms with Crippen LogP contribution in [-0.4, -0.2) is 124 Å². The van der Waals surface area contributed by atoms with Crippen molar-refractivity contribution < 1.29 is 48.9 Å². The number of hydrogen-bond donors (Lipinski definition) is 11. The van der Waals surface area contributed by atoms with E-state index in [-0.39, 0.29) is 31.7 Å². The number of carbonyl (C=O) groups excluding carboxylic acids is 5. The van der Waals surface area contributed by atoms with Gasteiger partial charge in [0, 0.05) is 6.42 Å². The van der Waals surface area contributed by atoms with E-state index in [9.17, 15) is 43.8 Å². The Morgan fingerprint density at radius 2 is 1.10 bits per heavy atom. The number of aliphatic hydroxyl groups is 1. The molecule has 0 aromatic carbocycles. The number of carbonyl (C=O) groups is 7. The smallest absolute Gasteiger partial charge is 0.326 e. The Balaban J connectivity index is 6.11. The Hall–Kier alpha value is -3.52. The minimum atomic E-state index is -1.66. The summed E-state index contributed by atoms with van der Waals surface area (Å²) in [5.74, 6) is -6.04. The standard InChI is InChI=1S/C32H60N8O10S/c1-18(2)17-24(39-28(45)21(9-5-7-14-33)36-27(44)20(35)13-16-51-4)30(47)37-22(10-6-8-15-34)29(46)40-26(19(3)41)31(48)38-23(32(49)50)11-12-25(42)43/h18-24,26,41H,5-17,33-35H2,1-4H3,(H,36,44)(H,37,47)(H,38,48)(H,39,45)(H,40,46)(H,42,43)(H,49,50). The molecule has 7 atom stereocenters. The molecule has 0 aliphatic carbocycles. The number of rotatable bonds is 28. The van der Waals surface area contributed by atoms with E-state index in [1.165, 1.54) is 18.7 Å². The second-order valence-corrected chi connectivity index (χ2v) is 13.8. The van der Waals surface area contributed by atoms with Crippen LogP contribution in [0.25, 0.3) is 0 Å². The number of hydrogen-bond acceptors (Lipinski definition) is 12. The molecular weight excluding hydrogens is 688 g/mol. The highest BCUT2D eigenvalue weighted by Gasteiger charge is 2.34. The summed E-state index contributed by atoms with van der Waals surface area (Å²) in [7, 11) is 0. The molecule has 0 aromatic heterocycles. The number of unbranched alkanes of at least 4 members (excludes halogenated alkanes) is 2. The molecule has 0 bridgehead atoms. The predicted octanol–water partition coefficient (Wildman–Crippen LogP) is -1.87. The van der Waals surface area contributed by atoms with Crippen LogP contribution >= 0.6 is 11.8 Å².